The van der Waals surface area contributed by atoms with Gasteiger partial charge < -0.3 is 10.4 Å². The summed E-state index contributed by atoms with van der Waals surface area (Å²) in [6.07, 6.45) is 5.84. The Morgan fingerprint density at radius 1 is 1.35 bits per heavy atom. The lowest BCUT2D eigenvalue weighted by Gasteiger charge is -2.28. The first-order chi connectivity index (χ1) is 9.51. The van der Waals surface area contributed by atoms with Gasteiger partial charge in [-0.3, -0.25) is 9.59 Å². The van der Waals surface area contributed by atoms with E-state index in [0.29, 0.717) is 12.3 Å². The minimum Gasteiger partial charge on any atom is -0.480 e. The number of fused-ring (bicyclic) bond motifs is 2. The van der Waals surface area contributed by atoms with Crippen molar-refractivity contribution in [1.29, 1.82) is 0 Å². The molecule has 5 unspecified atom stereocenters. The monoisotopic (exact) mass is 299 g/mol. The van der Waals surface area contributed by atoms with Crippen LogP contribution in [-0.2, 0) is 9.59 Å². The van der Waals surface area contributed by atoms with E-state index in [0.717, 1.165) is 11.8 Å². The number of thioether (sulfide) groups is 1. The smallest absolute Gasteiger partial charge is 0.316 e. The predicted molar refractivity (Wildman–Crippen MR) is 80.7 cm³/mol. The Bertz CT molecular complexity index is 374. The standard InChI is InChI=1S/C15H25NO3S/c1-3-13(15(18)19)20-8-14(17)16-9(2)12-7-10-4-5-11(12)6-10/h9-13H,3-8H2,1-2H3,(H,16,17)(H,18,19). The number of rotatable bonds is 7. The molecule has 4 nitrogen and oxygen atoms in total. The molecule has 2 aliphatic carbocycles. The van der Waals surface area contributed by atoms with Crippen molar-refractivity contribution in [2.75, 3.05) is 5.75 Å². The summed E-state index contributed by atoms with van der Waals surface area (Å²) in [5, 5.41) is 11.6. The largest absolute Gasteiger partial charge is 0.480 e. The van der Waals surface area contributed by atoms with Gasteiger partial charge in [0.1, 0.15) is 5.25 Å². The zero-order valence-corrected chi connectivity index (χ0v) is 13.1. The molecule has 1 amide bonds. The topological polar surface area (TPSA) is 66.4 Å². The van der Waals surface area contributed by atoms with Gasteiger partial charge in [-0.05, 0) is 50.4 Å². The molecule has 114 valence electrons. The number of carbonyl (C=O) groups is 2. The molecule has 20 heavy (non-hydrogen) atoms. The van der Waals surface area contributed by atoms with Crippen LogP contribution in [0.1, 0.15) is 46.0 Å². The highest BCUT2D eigenvalue weighted by atomic mass is 32.2. The summed E-state index contributed by atoms with van der Waals surface area (Å²) in [6.45, 7) is 3.93. The molecule has 5 heteroatoms. The molecule has 0 saturated heterocycles. The van der Waals surface area contributed by atoms with Crippen molar-refractivity contribution in [3.63, 3.8) is 0 Å². The van der Waals surface area contributed by atoms with Crippen LogP contribution in [-0.4, -0.2) is 34.0 Å². The van der Waals surface area contributed by atoms with Gasteiger partial charge in [0.05, 0.1) is 5.75 Å². The first-order valence-electron chi connectivity index (χ1n) is 7.65. The van der Waals surface area contributed by atoms with Gasteiger partial charge in [-0.15, -0.1) is 11.8 Å². The second-order valence-electron chi connectivity index (χ2n) is 6.24. The summed E-state index contributed by atoms with van der Waals surface area (Å²) in [4.78, 5) is 22.8. The van der Waals surface area contributed by atoms with Crippen molar-refractivity contribution in [2.45, 2.75) is 57.2 Å². The van der Waals surface area contributed by atoms with Crippen molar-refractivity contribution < 1.29 is 14.7 Å². The third-order valence-electron chi connectivity index (χ3n) is 4.89. The fraction of sp³-hybridized carbons (Fsp3) is 0.867. The lowest BCUT2D eigenvalue weighted by molar-refractivity contribution is -0.136. The summed E-state index contributed by atoms with van der Waals surface area (Å²) in [5.74, 6) is 1.71. The second kappa shape index (κ2) is 6.83. The van der Waals surface area contributed by atoms with E-state index in [1.165, 1.54) is 37.4 Å². The molecule has 0 aromatic heterocycles. The molecule has 2 bridgehead atoms. The van der Waals surface area contributed by atoms with Crippen LogP contribution in [0.3, 0.4) is 0 Å². The Hall–Kier alpha value is -0.710. The Labute approximate surface area is 125 Å². The normalized spacial score (nSPS) is 31.0. The van der Waals surface area contributed by atoms with Gasteiger partial charge in [-0.1, -0.05) is 13.3 Å². The molecule has 0 radical (unpaired) electrons. The number of carbonyl (C=O) groups excluding carboxylic acids is 1. The first kappa shape index (κ1) is 15.7. The molecule has 2 rings (SSSR count). The molecular weight excluding hydrogens is 274 g/mol. The maximum Gasteiger partial charge on any atom is 0.316 e. The molecular formula is C15H25NO3S. The summed E-state index contributed by atoms with van der Waals surface area (Å²) < 4.78 is 0. The van der Waals surface area contributed by atoms with E-state index in [-0.39, 0.29) is 17.7 Å². The molecule has 0 spiro atoms. The molecule has 2 fully saturated rings. The van der Waals surface area contributed by atoms with Gasteiger partial charge in [-0.2, -0.15) is 0 Å². The summed E-state index contributed by atoms with van der Waals surface area (Å²) in [6, 6.07) is 0.225. The molecule has 2 saturated carbocycles. The van der Waals surface area contributed by atoms with Crippen LogP contribution in [0.25, 0.3) is 0 Å². The SMILES string of the molecule is CCC(SCC(=O)NC(C)C1CC2CCC1C2)C(=O)O. The van der Waals surface area contributed by atoms with Gasteiger partial charge in [0.15, 0.2) is 0 Å². The predicted octanol–water partition coefficient (Wildman–Crippen LogP) is 2.52. The fourth-order valence-electron chi connectivity index (χ4n) is 3.85. The summed E-state index contributed by atoms with van der Waals surface area (Å²) in [5.41, 5.74) is 0. The highest BCUT2D eigenvalue weighted by molar-refractivity contribution is 8.01. The van der Waals surface area contributed by atoms with Crippen molar-refractivity contribution >= 4 is 23.6 Å². The zero-order chi connectivity index (χ0) is 14.7. The van der Waals surface area contributed by atoms with E-state index in [9.17, 15) is 9.59 Å². The van der Waals surface area contributed by atoms with Crippen LogP contribution in [0.15, 0.2) is 0 Å². The molecule has 2 N–H and O–H groups in total. The number of hydrogen-bond acceptors (Lipinski definition) is 3. The van der Waals surface area contributed by atoms with Crippen LogP contribution in [0.5, 0.6) is 0 Å². The minimum absolute atomic E-state index is 0.0232. The Balaban J connectivity index is 1.72. The second-order valence-corrected chi connectivity index (χ2v) is 7.43. The van der Waals surface area contributed by atoms with Crippen molar-refractivity contribution in [3.8, 4) is 0 Å². The third-order valence-corrected chi connectivity index (χ3v) is 6.25. The number of amides is 1. The van der Waals surface area contributed by atoms with Crippen LogP contribution in [0.2, 0.25) is 0 Å². The van der Waals surface area contributed by atoms with E-state index in [2.05, 4.69) is 12.2 Å². The van der Waals surface area contributed by atoms with E-state index >= 15 is 0 Å². The van der Waals surface area contributed by atoms with Crippen molar-refractivity contribution in [3.05, 3.63) is 0 Å². The minimum atomic E-state index is -0.827. The number of aliphatic carboxylic acids is 1. The average molecular weight is 299 g/mol. The highest BCUT2D eigenvalue weighted by Gasteiger charge is 2.42. The Morgan fingerprint density at radius 2 is 2.10 bits per heavy atom. The maximum atomic E-state index is 11.9. The third kappa shape index (κ3) is 3.68. The molecule has 0 aliphatic heterocycles. The molecule has 5 atom stereocenters. The number of carboxylic acids is 1. The average Bonchev–Trinajstić information content (AvgIpc) is 3.01. The van der Waals surface area contributed by atoms with Crippen LogP contribution in [0.4, 0.5) is 0 Å². The van der Waals surface area contributed by atoms with Gasteiger partial charge in [0, 0.05) is 6.04 Å². The van der Waals surface area contributed by atoms with Gasteiger partial charge >= 0.3 is 5.97 Å². The molecule has 0 heterocycles. The molecule has 2 aliphatic rings. The van der Waals surface area contributed by atoms with Crippen LogP contribution < -0.4 is 5.32 Å². The van der Waals surface area contributed by atoms with Crippen LogP contribution in [0, 0.1) is 17.8 Å². The maximum absolute atomic E-state index is 11.9. The first-order valence-corrected chi connectivity index (χ1v) is 8.69. The van der Waals surface area contributed by atoms with Gasteiger partial charge in [0.2, 0.25) is 5.91 Å². The van der Waals surface area contributed by atoms with E-state index < -0.39 is 11.2 Å². The zero-order valence-electron chi connectivity index (χ0n) is 12.3. The van der Waals surface area contributed by atoms with E-state index in [1.807, 2.05) is 6.92 Å². The quantitative estimate of drug-likeness (QED) is 0.758. The van der Waals surface area contributed by atoms with E-state index in [1.54, 1.807) is 0 Å². The Morgan fingerprint density at radius 3 is 2.60 bits per heavy atom. The van der Waals surface area contributed by atoms with E-state index in [4.69, 9.17) is 5.11 Å². The van der Waals surface area contributed by atoms with Crippen LogP contribution >= 0.6 is 11.8 Å². The molecule has 0 aromatic carbocycles. The number of nitrogens with one attached hydrogen (secondary N) is 1. The molecule has 0 aromatic rings. The Kier molecular flexibility index (Phi) is 5.35. The highest BCUT2D eigenvalue weighted by Crippen LogP contribution is 2.49. The lowest BCUT2D eigenvalue weighted by Crippen LogP contribution is -2.41. The number of carboxylic acid groups (broad SMARTS) is 1. The van der Waals surface area contributed by atoms with Gasteiger partial charge in [0.25, 0.3) is 0 Å². The van der Waals surface area contributed by atoms with Crippen molar-refractivity contribution in [1.82, 2.24) is 5.32 Å². The number of hydrogen-bond donors (Lipinski definition) is 2. The fourth-order valence-corrected chi connectivity index (χ4v) is 4.66. The summed E-state index contributed by atoms with van der Waals surface area (Å²) >= 11 is 1.23. The van der Waals surface area contributed by atoms with Gasteiger partial charge in [-0.25, -0.2) is 0 Å². The van der Waals surface area contributed by atoms with Crippen molar-refractivity contribution in [2.24, 2.45) is 17.8 Å². The summed E-state index contributed by atoms with van der Waals surface area (Å²) in [7, 11) is 0. The lowest BCUT2D eigenvalue weighted by atomic mass is 9.84.